The first kappa shape index (κ1) is 14.3. The Hall–Kier alpha value is -2.69. The van der Waals surface area contributed by atoms with Gasteiger partial charge in [0.1, 0.15) is 0 Å². The van der Waals surface area contributed by atoms with Crippen LogP contribution >= 0.6 is 0 Å². The van der Waals surface area contributed by atoms with Gasteiger partial charge in [0, 0.05) is 6.20 Å². The fraction of sp³-hybridized carbons (Fsp3) is 0.235. The van der Waals surface area contributed by atoms with Crippen LogP contribution in [0, 0.1) is 6.92 Å². The maximum absolute atomic E-state index is 12.7. The molecule has 5 heteroatoms. The Balaban J connectivity index is 1.87. The van der Waals surface area contributed by atoms with Gasteiger partial charge in [-0.25, -0.2) is 4.79 Å². The number of hydrogen-bond donors (Lipinski definition) is 1. The van der Waals surface area contributed by atoms with E-state index < -0.39 is 11.6 Å². The van der Waals surface area contributed by atoms with Crippen molar-refractivity contribution < 1.29 is 9.59 Å². The van der Waals surface area contributed by atoms with E-state index in [1.807, 2.05) is 31.2 Å². The number of nitrogens with one attached hydrogen (secondary N) is 1. The first-order valence-corrected chi connectivity index (χ1v) is 7.12. The number of urea groups is 1. The zero-order chi connectivity index (χ0) is 15.7. The summed E-state index contributed by atoms with van der Waals surface area (Å²) in [5.74, 6) is -0.281. The summed E-state index contributed by atoms with van der Waals surface area (Å²) in [6.07, 6.45) is 1.61. The van der Waals surface area contributed by atoms with E-state index in [0.29, 0.717) is 5.69 Å². The molecular formula is C17H17N3O2. The molecule has 1 atom stereocenters. The number of aromatic nitrogens is 1. The number of rotatable bonds is 3. The fourth-order valence-electron chi connectivity index (χ4n) is 2.55. The van der Waals surface area contributed by atoms with Crippen LogP contribution in [0.5, 0.6) is 0 Å². The van der Waals surface area contributed by atoms with Gasteiger partial charge in [-0.2, -0.15) is 0 Å². The molecule has 0 spiro atoms. The Morgan fingerprint density at radius 1 is 1.14 bits per heavy atom. The van der Waals surface area contributed by atoms with Crippen LogP contribution in [0.1, 0.15) is 23.7 Å². The van der Waals surface area contributed by atoms with E-state index in [2.05, 4.69) is 10.3 Å². The highest BCUT2D eigenvalue weighted by molar-refractivity contribution is 6.06. The summed E-state index contributed by atoms with van der Waals surface area (Å²) in [6.45, 7) is 3.94. The maximum atomic E-state index is 12.7. The van der Waals surface area contributed by atoms with Gasteiger partial charge in [-0.1, -0.05) is 35.9 Å². The minimum Gasteiger partial charge on any atom is -0.318 e. The molecule has 0 bridgehead atoms. The number of imide groups is 1. The summed E-state index contributed by atoms with van der Waals surface area (Å²) >= 11 is 0. The van der Waals surface area contributed by atoms with Gasteiger partial charge in [0.25, 0.3) is 5.91 Å². The normalized spacial score (nSPS) is 21.1. The van der Waals surface area contributed by atoms with Gasteiger partial charge >= 0.3 is 6.03 Å². The summed E-state index contributed by atoms with van der Waals surface area (Å²) in [6, 6.07) is 12.7. The number of hydrogen-bond acceptors (Lipinski definition) is 3. The predicted octanol–water partition coefficient (Wildman–Crippen LogP) is 2.36. The Morgan fingerprint density at radius 2 is 1.86 bits per heavy atom. The highest BCUT2D eigenvalue weighted by Gasteiger charge is 2.49. The highest BCUT2D eigenvalue weighted by Crippen LogP contribution is 2.28. The van der Waals surface area contributed by atoms with Crippen LogP contribution in [0.25, 0.3) is 0 Å². The van der Waals surface area contributed by atoms with Crippen LogP contribution in [-0.4, -0.2) is 21.8 Å². The van der Waals surface area contributed by atoms with Crippen LogP contribution in [0.2, 0.25) is 0 Å². The van der Waals surface area contributed by atoms with Crippen molar-refractivity contribution in [3.05, 3.63) is 65.5 Å². The lowest BCUT2D eigenvalue weighted by Crippen LogP contribution is -2.41. The average molecular weight is 295 g/mol. The van der Waals surface area contributed by atoms with E-state index in [4.69, 9.17) is 0 Å². The first-order valence-electron chi connectivity index (χ1n) is 7.12. The van der Waals surface area contributed by atoms with Crippen LogP contribution in [0.15, 0.2) is 48.7 Å². The van der Waals surface area contributed by atoms with Gasteiger partial charge in [0.2, 0.25) is 0 Å². The van der Waals surface area contributed by atoms with Gasteiger partial charge in [0.05, 0.1) is 12.2 Å². The van der Waals surface area contributed by atoms with E-state index in [0.717, 1.165) is 11.1 Å². The number of nitrogens with zero attached hydrogens (tertiary/aromatic N) is 2. The van der Waals surface area contributed by atoms with Crippen molar-refractivity contribution in [3.8, 4) is 0 Å². The molecule has 1 fully saturated rings. The third-order valence-electron chi connectivity index (χ3n) is 3.91. The number of benzene rings is 1. The molecule has 112 valence electrons. The molecular weight excluding hydrogens is 278 g/mol. The summed E-state index contributed by atoms with van der Waals surface area (Å²) in [4.78, 5) is 30.4. The number of carbonyl (C=O) groups excluding carboxylic acids is 2. The van der Waals surface area contributed by atoms with Gasteiger partial charge in [-0.15, -0.1) is 0 Å². The topological polar surface area (TPSA) is 62.3 Å². The molecule has 22 heavy (non-hydrogen) atoms. The summed E-state index contributed by atoms with van der Waals surface area (Å²) in [7, 11) is 0. The second-order valence-electron chi connectivity index (χ2n) is 5.65. The Labute approximate surface area is 129 Å². The van der Waals surface area contributed by atoms with Crippen molar-refractivity contribution in [2.75, 3.05) is 0 Å². The molecule has 1 aliphatic rings. The average Bonchev–Trinajstić information content (AvgIpc) is 2.75. The van der Waals surface area contributed by atoms with E-state index in [-0.39, 0.29) is 12.5 Å². The lowest BCUT2D eigenvalue weighted by molar-refractivity contribution is -0.131. The Bertz CT molecular complexity index is 712. The molecule has 0 aliphatic carbocycles. The molecule has 2 heterocycles. The number of amides is 3. The molecule has 1 aromatic carbocycles. The van der Waals surface area contributed by atoms with Crippen molar-refractivity contribution in [1.82, 2.24) is 15.2 Å². The zero-order valence-corrected chi connectivity index (χ0v) is 12.5. The van der Waals surface area contributed by atoms with E-state index >= 15 is 0 Å². The quantitative estimate of drug-likeness (QED) is 0.884. The minimum absolute atomic E-state index is 0.257. The molecule has 1 saturated heterocycles. The standard InChI is InChI=1S/C17H17N3O2/c1-12-6-8-13(9-7-12)11-20-15(21)17(2,19-16(20)22)14-5-3-4-10-18-14/h3-10H,11H2,1-2H3,(H,19,22)/t17-/m0/s1. The van der Waals surface area contributed by atoms with Crippen molar-refractivity contribution in [2.45, 2.75) is 25.9 Å². The Morgan fingerprint density at radius 3 is 2.50 bits per heavy atom. The van der Waals surface area contributed by atoms with E-state index in [1.165, 1.54) is 4.90 Å². The SMILES string of the molecule is Cc1ccc(CN2C(=O)N[C@@](C)(c3ccccn3)C2=O)cc1. The highest BCUT2D eigenvalue weighted by atomic mass is 16.2. The van der Waals surface area contributed by atoms with Gasteiger partial charge in [0.15, 0.2) is 5.54 Å². The van der Waals surface area contributed by atoms with Crippen LogP contribution in [-0.2, 0) is 16.9 Å². The third kappa shape index (κ3) is 2.35. The Kier molecular flexibility index (Phi) is 3.41. The van der Waals surface area contributed by atoms with Crippen LogP contribution in [0.4, 0.5) is 4.79 Å². The molecule has 0 saturated carbocycles. The third-order valence-corrected chi connectivity index (χ3v) is 3.91. The number of pyridine rings is 1. The van der Waals surface area contributed by atoms with Crippen molar-refractivity contribution in [1.29, 1.82) is 0 Å². The molecule has 5 nitrogen and oxygen atoms in total. The van der Waals surface area contributed by atoms with Crippen LogP contribution < -0.4 is 5.32 Å². The van der Waals surface area contributed by atoms with Crippen molar-refractivity contribution >= 4 is 11.9 Å². The smallest absolute Gasteiger partial charge is 0.318 e. The number of aryl methyl sites for hydroxylation is 1. The van der Waals surface area contributed by atoms with Crippen molar-refractivity contribution in [2.24, 2.45) is 0 Å². The second-order valence-corrected chi connectivity index (χ2v) is 5.65. The summed E-state index contributed by atoms with van der Waals surface area (Å²) < 4.78 is 0. The largest absolute Gasteiger partial charge is 0.325 e. The first-order chi connectivity index (χ1) is 10.5. The van der Waals surface area contributed by atoms with E-state index in [9.17, 15) is 9.59 Å². The lowest BCUT2D eigenvalue weighted by atomic mass is 9.97. The molecule has 3 amide bonds. The molecule has 0 radical (unpaired) electrons. The van der Waals surface area contributed by atoms with Crippen LogP contribution in [0.3, 0.4) is 0 Å². The molecule has 1 aliphatic heterocycles. The van der Waals surface area contributed by atoms with Crippen molar-refractivity contribution in [3.63, 3.8) is 0 Å². The maximum Gasteiger partial charge on any atom is 0.325 e. The fourth-order valence-corrected chi connectivity index (χ4v) is 2.55. The zero-order valence-electron chi connectivity index (χ0n) is 12.5. The monoisotopic (exact) mass is 295 g/mol. The lowest BCUT2D eigenvalue weighted by Gasteiger charge is -2.20. The minimum atomic E-state index is -1.11. The predicted molar refractivity (Wildman–Crippen MR) is 81.8 cm³/mol. The van der Waals surface area contributed by atoms with E-state index in [1.54, 1.807) is 31.3 Å². The molecule has 3 rings (SSSR count). The molecule has 0 unspecified atom stereocenters. The van der Waals surface area contributed by atoms with Gasteiger partial charge in [-0.3, -0.25) is 14.7 Å². The number of carbonyl (C=O) groups is 2. The van der Waals surface area contributed by atoms with Gasteiger partial charge in [-0.05, 0) is 31.5 Å². The molecule has 2 aromatic rings. The second kappa shape index (κ2) is 5.26. The van der Waals surface area contributed by atoms with Gasteiger partial charge < -0.3 is 5.32 Å². The molecule has 1 N–H and O–H groups in total. The molecule has 1 aromatic heterocycles. The summed E-state index contributed by atoms with van der Waals surface area (Å²) in [5, 5.41) is 2.75. The summed E-state index contributed by atoms with van der Waals surface area (Å²) in [5.41, 5.74) is 1.49.